The molecule has 122 valence electrons. The van der Waals surface area contributed by atoms with Crippen molar-refractivity contribution < 1.29 is 14.3 Å². The van der Waals surface area contributed by atoms with E-state index >= 15 is 0 Å². The summed E-state index contributed by atoms with van der Waals surface area (Å²) >= 11 is 0. The SMILES string of the molecule is CNC(=O)c1cccnc1NCC(C)Oc1ccc(OC)cc1. The van der Waals surface area contributed by atoms with E-state index in [4.69, 9.17) is 9.47 Å². The first kappa shape index (κ1) is 16.6. The Morgan fingerprint density at radius 1 is 1.22 bits per heavy atom. The number of aromatic nitrogens is 1. The molecule has 6 heteroatoms. The maximum Gasteiger partial charge on any atom is 0.254 e. The van der Waals surface area contributed by atoms with E-state index in [2.05, 4.69) is 15.6 Å². The zero-order valence-electron chi connectivity index (χ0n) is 13.5. The predicted molar refractivity (Wildman–Crippen MR) is 89.2 cm³/mol. The molecule has 2 N–H and O–H groups in total. The van der Waals surface area contributed by atoms with Crippen molar-refractivity contribution in [2.75, 3.05) is 26.0 Å². The number of hydrogen-bond acceptors (Lipinski definition) is 5. The van der Waals surface area contributed by atoms with Crippen LogP contribution in [-0.2, 0) is 0 Å². The van der Waals surface area contributed by atoms with E-state index in [1.807, 2.05) is 31.2 Å². The van der Waals surface area contributed by atoms with Crippen LogP contribution >= 0.6 is 0 Å². The fourth-order valence-corrected chi connectivity index (χ4v) is 2.03. The van der Waals surface area contributed by atoms with Crippen molar-refractivity contribution >= 4 is 11.7 Å². The van der Waals surface area contributed by atoms with E-state index in [0.717, 1.165) is 11.5 Å². The van der Waals surface area contributed by atoms with Gasteiger partial charge in [-0.2, -0.15) is 0 Å². The Balaban J connectivity index is 1.93. The molecule has 2 aromatic rings. The highest BCUT2D eigenvalue weighted by atomic mass is 16.5. The highest BCUT2D eigenvalue weighted by Gasteiger charge is 2.12. The molecule has 1 atom stereocenters. The van der Waals surface area contributed by atoms with E-state index in [9.17, 15) is 4.79 Å². The number of amides is 1. The first-order valence-corrected chi connectivity index (χ1v) is 7.35. The Morgan fingerprint density at radius 3 is 2.57 bits per heavy atom. The standard InChI is InChI=1S/C17H21N3O3/c1-12(23-14-8-6-13(22-3)7-9-14)11-20-16-15(17(21)18-2)5-4-10-19-16/h4-10,12H,11H2,1-3H3,(H,18,21)(H,19,20). The summed E-state index contributed by atoms with van der Waals surface area (Å²) < 4.78 is 10.9. The number of nitrogens with zero attached hydrogens (tertiary/aromatic N) is 1. The third kappa shape index (κ3) is 4.60. The topological polar surface area (TPSA) is 72.5 Å². The first-order valence-electron chi connectivity index (χ1n) is 7.35. The number of rotatable bonds is 7. The molecule has 1 aromatic heterocycles. The summed E-state index contributed by atoms with van der Waals surface area (Å²) in [4.78, 5) is 16.0. The Labute approximate surface area is 135 Å². The lowest BCUT2D eigenvalue weighted by molar-refractivity contribution is 0.0963. The molecule has 0 aliphatic carbocycles. The second kappa shape index (κ2) is 8.03. The lowest BCUT2D eigenvalue weighted by atomic mass is 10.2. The maximum absolute atomic E-state index is 11.8. The Kier molecular flexibility index (Phi) is 5.80. The predicted octanol–water partition coefficient (Wildman–Crippen LogP) is 2.33. The molecule has 1 unspecified atom stereocenters. The molecule has 1 aromatic carbocycles. The lowest BCUT2D eigenvalue weighted by Gasteiger charge is -2.17. The smallest absolute Gasteiger partial charge is 0.254 e. The van der Waals surface area contributed by atoms with Gasteiger partial charge in [-0.05, 0) is 43.3 Å². The molecule has 2 rings (SSSR count). The van der Waals surface area contributed by atoms with Crippen molar-refractivity contribution in [3.8, 4) is 11.5 Å². The highest BCUT2D eigenvalue weighted by Crippen LogP contribution is 2.18. The fraction of sp³-hybridized carbons (Fsp3) is 0.294. The molecule has 0 saturated carbocycles. The van der Waals surface area contributed by atoms with Crippen LogP contribution in [0.2, 0.25) is 0 Å². The van der Waals surface area contributed by atoms with Crippen molar-refractivity contribution in [2.45, 2.75) is 13.0 Å². The molecule has 23 heavy (non-hydrogen) atoms. The summed E-state index contributed by atoms with van der Waals surface area (Å²) in [6.07, 6.45) is 1.55. The van der Waals surface area contributed by atoms with Gasteiger partial charge in [-0.25, -0.2) is 4.98 Å². The van der Waals surface area contributed by atoms with Crippen LogP contribution in [0.15, 0.2) is 42.6 Å². The van der Waals surface area contributed by atoms with E-state index < -0.39 is 0 Å². The first-order chi connectivity index (χ1) is 11.1. The molecule has 0 aliphatic rings. The van der Waals surface area contributed by atoms with Gasteiger partial charge >= 0.3 is 0 Å². The van der Waals surface area contributed by atoms with Gasteiger partial charge in [-0.15, -0.1) is 0 Å². The number of anilines is 1. The third-order valence-electron chi connectivity index (χ3n) is 3.23. The number of methoxy groups -OCH3 is 1. The number of carbonyl (C=O) groups excluding carboxylic acids is 1. The lowest BCUT2D eigenvalue weighted by Crippen LogP contribution is -2.25. The van der Waals surface area contributed by atoms with E-state index in [0.29, 0.717) is 17.9 Å². The van der Waals surface area contributed by atoms with Crippen LogP contribution < -0.4 is 20.1 Å². The van der Waals surface area contributed by atoms with Crippen LogP contribution in [0.5, 0.6) is 11.5 Å². The van der Waals surface area contributed by atoms with Crippen molar-refractivity contribution in [1.29, 1.82) is 0 Å². The normalized spacial score (nSPS) is 11.4. The monoisotopic (exact) mass is 315 g/mol. The van der Waals surface area contributed by atoms with E-state index in [1.54, 1.807) is 32.5 Å². The Bertz CT molecular complexity index is 644. The maximum atomic E-state index is 11.8. The zero-order valence-corrected chi connectivity index (χ0v) is 13.5. The van der Waals surface area contributed by atoms with Gasteiger partial charge in [0, 0.05) is 13.2 Å². The minimum atomic E-state index is -0.177. The molecule has 0 saturated heterocycles. The molecule has 0 fully saturated rings. The molecule has 0 radical (unpaired) electrons. The van der Waals surface area contributed by atoms with Gasteiger partial charge in [-0.3, -0.25) is 4.79 Å². The molecule has 0 bridgehead atoms. The molecular formula is C17H21N3O3. The molecule has 1 amide bonds. The molecule has 0 spiro atoms. The second-order valence-electron chi connectivity index (χ2n) is 4.96. The van der Waals surface area contributed by atoms with Gasteiger partial charge in [0.1, 0.15) is 23.4 Å². The van der Waals surface area contributed by atoms with Gasteiger partial charge in [0.05, 0.1) is 19.2 Å². The van der Waals surface area contributed by atoms with Crippen LogP contribution in [0.25, 0.3) is 0 Å². The van der Waals surface area contributed by atoms with Gasteiger partial charge in [-0.1, -0.05) is 0 Å². The molecule has 6 nitrogen and oxygen atoms in total. The minimum absolute atomic E-state index is 0.0945. The summed E-state index contributed by atoms with van der Waals surface area (Å²) in [7, 11) is 3.22. The van der Waals surface area contributed by atoms with Gasteiger partial charge in [0.25, 0.3) is 5.91 Å². The fourth-order valence-electron chi connectivity index (χ4n) is 2.03. The minimum Gasteiger partial charge on any atom is -0.497 e. The number of benzene rings is 1. The number of carbonyl (C=O) groups is 1. The number of nitrogens with one attached hydrogen (secondary N) is 2. The van der Waals surface area contributed by atoms with Crippen molar-refractivity contribution in [3.05, 3.63) is 48.2 Å². The number of pyridine rings is 1. The molecule has 1 heterocycles. The number of hydrogen-bond donors (Lipinski definition) is 2. The van der Waals surface area contributed by atoms with Gasteiger partial charge in [0.2, 0.25) is 0 Å². The average molecular weight is 315 g/mol. The Morgan fingerprint density at radius 2 is 1.91 bits per heavy atom. The summed E-state index contributed by atoms with van der Waals surface area (Å²) in [5, 5.41) is 5.75. The summed E-state index contributed by atoms with van der Waals surface area (Å²) in [6, 6.07) is 10.9. The van der Waals surface area contributed by atoms with Crippen LogP contribution in [0.4, 0.5) is 5.82 Å². The second-order valence-corrected chi connectivity index (χ2v) is 4.96. The van der Waals surface area contributed by atoms with Crippen LogP contribution in [0.1, 0.15) is 17.3 Å². The molecule has 0 aliphatic heterocycles. The largest absolute Gasteiger partial charge is 0.497 e. The Hall–Kier alpha value is -2.76. The van der Waals surface area contributed by atoms with Crippen molar-refractivity contribution in [3.63, 3.8) is 0 Å². The van der Waals surface area contributed by atoms with Gasteiger partial charge in [0.15, 0.2) is 0 Å². The zero-order chi connectivity index (χ0) is 16.7. The summed E-state index contributed by atoms with van der Waals surface area (Å²) in [5.41, 5.74) is 0.506. The van der Waals surface area contributed by atoms with Crippen LogP contribution in [0, 0.1) is 0 Å². The van der Waals surface area contributed by atoms with Crippen molar-refractivity contribution in [2.24, 2.45) is 0 Å². The highest BCUT2D eigenvalue weighted by molar-refractivity contribution is 5.98. The third-order valence-corrected chi connectivity index (χ3v) is 3.23. The van der Waals surface area contributed by atoms with Crippen LogP contribution in [0.3, 0.4) is 0 Å². The molecular weight excluding hydrogens is 294 g/mol. The summed E-state index contributed by atoms with van der Waals surface area (Å²) in [6.45, 7) is 2.47. The van der Waals surface area contributed by atoms with Crippen LogP contribution in [-0.4, -0.2) is 37.7 Å². The average Bonchev–Trinajstić information content (AvgIpc) is 2.60. The number of ether oxygens (including phenoxy) is 2. The van der Waals surface area contributed by atoms with Gasteiger partial charge < -0.3 is 20.1 Å². The van der Waals surface area contributed by atoms with E-state index in [1.165, 1.54) is 0 Å². The van der Waals surface area contributed by atoms with Crippen molar-refractivity contribution in [1.82, 2.24) is 10.3 Å². The quantitative estimate of drug-likeness (QED) is 0.820. The summed E-state index contributed by atoms with van der Waals surface area (Å²) in [5.74, 6) is 1.90. The van der Waals surface area contributed by atoms with E-state index in [-0.39, 0.29) is 12.0 Å².